The van der Waals surface area contributed by atoms with Crippen LogP contribution in [0.25, 0.3) is 0 Å². The smallest absolute Gasteiger partial charge is 0.265 e. The van der Waals surface area contributed by atoms with E-state index in [1.807, 2.05) is 0 Å². The van der Waals surface area contributed by atoms with Gasteiger partial charge in [-0.15, -0.1) is 0 Å². The average Bonchev–Trinajstić information content (AvgIpc) is 2.94. The summed E-state index contributed by atoms with van der Waals surface area (Å²) in [4.78, 5) is -0.0797. The molecule has 0 fully saturated rings. The molecular formula is C12H11FN4O2S. The summed E-state index contributed by atoms with van der Waals surface area (Å²) in [5, 5.41) is 5.91. The Morgan fingerprint density at radius 3 is 2.85 bits per heavy atom. The van der Waals surface area contributed by atoms with Gasteiger partial charge in [0.15, 0.2) is 0 Å². The summed E-state index contributed by atoms with van der Waals surface area (Å²) in [5.41, 5.74) is 5.47. The van der Waals surface area contributed by atoms with Gasteiger partial charge in [-0.1, -0.05) is 11.8 Å². The van der Waals surface area contributed by atoms with E-state index in [2.05, 4.69) is 26.8 Å². The number of aromatic amines is 1. The van der Waals surface area contributed by atoms with Crippen LogP contribution in [0.1, 0.15) is 5.56 Å². The summed E-state index contributed by atoms with van der Waals surface area (Å²) in [5.74, 6) is 4.52. The minimum absolute atomic E-state index is 0.0797. The first kappa shape index (κ1) is 14.0. The quantitative estimate of drug-likeness (QED) is 0.724. The summed E-state index contributed by atoms with van der Waals surface area (Å²) in [6.45, 7) is 0.163. The highest BCUT2D eigenvalue weighted by Gasteiger charge is 2.17. The molecule has 8 heteroatoms. The molecule has 20 heavy (non-hydrogen) atoms. The second kappa shape index (κ2) is 5.73. The maximum Gasteiger partial charge on any atom is 0.265 e. The summed E-state index contributed by atoms with van der Waals surface area (Å²) >= 11 is 0. The number of nitrogens with two attached hydrogens (primary N) is 1. The Balaban J connectivity index is 2.27. The molecule has 0 radical (unpaired) electrons. The number of rotatable bonds is 3. The highest BCUT2D eigenvalue weighted by atomic mass is 32.2. The van der Waals surface area contributed by atoms with Gasteiger partial charge in [-0.2, -0.15) is 5.10 Å². The van der Waals surface area contributed by atoms with Gasteiger partial charge in [0.25, 0.3) is 10.0 Å². The van der Waals surface area contributed by atoms with Crippen LogP contribution >= 0.6 is 0 Å². The molecule has 0 aliphatic heterocycles. The predicted octanol–water partition coefficient (Wildman–Crippen LogP) is 0.660. The Labute approximate surface area is 115 Å². The molecule has 0 saturated carbocycles. The van der Waals surface area contributed by atoms with E-state index in [1.165, 1.54) is 18.3 Å². The first-order chi connectivity index (χ1) is 9.53. The van der Waals surface area contributed by atoms with Crippen LogP contribution in [0.2, 0.25) is 0 Å². The van der Waals surface area contributed by atoms with Crippen LogP contribution in [0.15, 0.2) is 35.5 Å². The van der Waals surface area contributed by atoms with Crippen LogP contribution in [0, 0.1) is 17.7 Å². The molecule has 1 aromatic heterocycles. The minimum atomic E-state index is -3.86. The van der Waals surface area contributed by atoms with Gasteiger partial charge in [0.05, 0.1) is 18.4 Å². The zero-order valence-electron chi connectivity index (χ0n) is 10.2. The van der Waals surface area contributed by atoms with Crippen molar-refractivity contribution < 1.29 is 12.8 Å². The van der Waals surface area contributed by atoms with Crippen molar-refractivity contribution >= 4 is 15.7 Å². The zero-order chi connectivity index (χ0) is 14.6. The van der Waals surface area contributed by atoms with E-state index in [9.17, 15) is 12.8 Å². The van der Waals surface area contributed by atoms with Crippen LogP contribution in [0.4, 0.5) is 10.1 Å². The lowest BCUT2D eigenvalue weighted by Crippen LogP contribution is -2.13. The molecule has 104 valence electrons. The van der Waals surface area contributed by atoms with Crippen LogP contribution in [-0.4, -0.2) is 25.2 Å². The van der Waals surface area contributed by atoms with Crippen molar-refractivity contribution in [3.63, 3.8) is 0 Å². The fraction of sp³-hybridized carbons (Fsp3) is 0.0833. The predicted molar refractivity (Wildman–Crippen MR) is 71.7 cm³/mol. The Bertz CT molecular complexity index is 760. The maximum atomic E-state index is 13.8. The van der Waals surface area contributed by atoms with Crippen LogP contribution in [0.3, 0.4) is 0 Å². The summed E-state index contributed by atoms with van der Waals surface area (Å²) in [6.07, 6.45) is 2.32. The van der Waals surface area contributed by atoms with Gasteiger partial charge in [0.1, 0.15) is 10.7 Å². The van der Waals surface area contributed by atoms with Gasteiger partial charge in [0, 0.05) is 11.8 Å². The SMILES string of the molecule is NCC#Cc1ccc(NS(=O)(=O)c2cn[nH]c2)c(F)c1. The van der Waals surface area contributed by atoms with Crippen molar-refractivity contribution in [3.05, 3.63) is 42.0 Å². The lowest BCUT2D eigenvalue weighted by atomic mass is 10.2. The molecule has 0 aliphatic carbocycles. The average molecular weight is 294 g/mol. The van der Waals surface area contributed by atoms with E-state index in [0.29, 0.717) is 5.56 Å². The molecule has 2 aromatic rings. The summed E-state index contributed by atoms with van der Waals surface area (Å²) in [7, 11) is -3.86. The van der Waals surface area contributed by atoms with E-state index in [0.717, 1.165) is 12.3 Å². The van der Waals surface area contributed by atoms with E-state index in [-0.39, 0.29) is 17.1 Å². The Kier molecular flexibility index (Phi) is 4.02. The van der Waals surface area contributed by atoms with Crippen molar-refractivity contribution in [2.75, 3.05) is 11.3 Å². The number of benzene rings is 1. The number of nitrogens with zero attached hydrogens (tertiary/aromatic N) is 1. The molecule has 0 saturated heterocycles. The van der Waals surface area contributed by atoms with Crippen LogP contribution < -0.4 is 10.5 Å². The number of hydrogen-bond donors (Lipinski definition) is 3. The van der Waals surface area contributed by atoms with E-state index in [4.69, 9.17) is 5.73 Å². The van der Waals surface area contributed by atoms with Gasteiger partial charge in [-0.3, -0.25) is 9.82 Å². The normalized spacial score (nSPS) is 10.7. The lowest BCUT2D eigenvalue weighted by molar-refractivity contribution is 0.598. The minimum Gasteiger partial charge on any atom is -0.320 e. The number of halogens is 1. The molecule has 0 amide bonds. The Morgan fingerprint density at radius 2 is 2.25 bits per heavy atom. The molecule has 6 nitrogen and oxygen atoms in total. The maximum absolute atomic E-state index is 13.8. The number of anilines is 1. The zero-order valence-corrected chi connectivity index (χ0v) is 11.0. The van der Waals surface area contributed by atoms with E-state index in [1.54, 1.807) is 0 Å². The number of H-pyrrole nitrogens is 1. The number of aromatic nitrogens is 2. The lowest BCUT2D eigenvalue weighted by Gasteiger charge is -2.07. The second-order valence-corrected chi connectivity index (χ2v) is 5.42. The largest absolute Gasteiger partial charge is 0.320 e. The third-order valence-electron chi connectivity index (χ3n) is 2.33. The van der Waals surface area contributed by atoms with Crippen molar-refractivity contribution in [2.45, 2.75) is 4.90 Å². The molecule has 2 rings (SSSR count). The molecule has 1 heterocycles. The summed E-state index contributed by atoms with van der Waals surface area (Å²) in [6, 6.07) is 3.93. The van der Waals surface area contributed by atoms with Gasteiger partial charge >= 0.3 is 0 Å². The molecule has 4 N–H and O–H groups in total. The summed E-state index contributed by atoms with van der Waals surface area (Å²) < 4.78 is 39.7. The van der Waals surface area contributed by atoms with Gasteiger partial charge < -0.3 is 5.73 Å². The monoisotopic (exact) mass is 294 g/mol. The number of hydrogen-bond acceptors (Lipinski definition) is 4. The molecule has 0 atom stereocenters. The van der Waals surface area contributed by atoms with Crippen molar-refractivity contribution in [2.24, 2.45) is 5.73 Å². The van der Waals surface area contributed by atoms with Crippen LogP contribution in [0.5, 0.6) is 0 Å². The molecule has 0 unspecified atom stereocenters. The fourth-order valence-corrected chi connectivity index (χ4v) is 2.39. The van der Waals surface area contributed by atoms with Gasteiger partial charge in [0.2, 0.25) is 0 Å². The Hall–Kier alpha value is -2.37. The number of sulfonamides is 1. The first-order valence-corrected chi connectivity index (χ1v) is 7.01. The van der Waals surface area contributed by atoms with Crippen LogP contribution in [-0.2, 0) is 10.0 Å². The third-order valence-corrected chi connectivity index (χ3v) is 3.66. The second-order valence-electron chi connectivity index (χ2n) is 3.74. The molecule has 0 bridgehead atoms. The molecule has 1 aromatic carbocycles. The fourth-order valence-electron chi connectivity index (χ4n) is 1.42. The molecular weight excluding hydrogens is 283 g/mol. The third kappa shape index (κ3) is 3.14. The highest BCUT2D eigenvalue weighted by Crippen LogP contribution is 2.19. The standard InChI is InChI=1S/C12H11FN4O2S/c13-11-6-9(2-1-5-14)3-4-12(11)17-20(18,19)10-7-15-16-8-10/h3-4,6-8,17H,5,14H2,(H,15,16). The van der Waals surface area contributed by atoms with Crippen molar-refractivity contribution in [1.29, 1.82) is 0 Å². The highest BCUT2D eigenvalue weighted by molar-refractivity contribution is 7.92. The Morgan fingerprint density at radius 1 is 1.45 bits per heavy atom. The van der Waals surface area contributed by atoms with Crippen molar-refractivity contribution in [1.82, 2.24) is 10.2 Å². The van der Waals surface area contributed by atoms with Gasteiger partial charge in [-0.05, 0) is 18.2 Å². The molecule has 0 spiro atoms. The topological polar surface area (TPSA) is 101 Å². The van der Waals surface area contributed by atoms with Gasteiger partial charge in [-0.25, -0.2) is 12.8 Å². The van der Waals surface area contributed by atoms with E-state index >= 15 is 0 Å². The first-order valence-electron chi connectivity index (χ1n) is 5.53. The van der Waals surface area contributed by atoms with Crippen molar-refractivity contribution in [3.8, 4) is 11.8 Å². The number of nitrogens with one attached hydrogen (secondary N) is 2. The van der Waals surface area contributed by atoms with E-state index < -0.39 is 15.8 Å². The molecule has 0 aliphatic rings.